The van der Waals surface area contributed by atoms with Crippen LogP contribution in [0.2, 0.25) is 0 Å². The number of hydrogen-bond acceptors (Lipinski definition) is 3. The van der Waals surface area contributed by atoms with E-state index in [-0.39, 0.29) is 12.1 Å². The lowest BCUT2D eigenvalue weighted by Crippen LogP contribution is -2.28. The van der Waals surface area contributed by atoms with E-state index in [1.165, 1.54) is 6.08 Å². The van der Waals surface area contributed by atoms with Gasteiger partial charge < -0.3 is 15.2 Å². The number of rotatable bonds is 7. The zero-order chi connectivity index (χ0) is 23.2. The summed E-state index contributed by atoms with van der Waals surface area (Å²) in [5.41, 5.74) is 1.26. The largest absolute Gasteiger partial charge is 0.477 e. The summed E-state index contributed by atoms with van der Waals surface area (Å²) in [6.07, 6.45) is 1.50. The van der Waals surface area contributed by atoms with Crippen LogP contribution in [-0.4, -0.2) is 17.0 Å². The Bertz CT molecular complexity index is 1340. The van der Waals surface area contributed by atoms with Gasteiger partial charge in [0.1, 0.15) is 17.2 Å². The average molecular weight is 502 g/mol. The molecule has 0 bridgehead atoms. The minimum absolute atomic E-state index is 0.0741. The highest BCUT2D eigenvalue weighted by Crippen LogP contribution is 2.29. The van der Waals surface area contributed by atoms with E-state index in [0.29, 0.717) is 17.1 Å². The van der Waals surface area contributed by atoms with Gasteiger partial charge in [0.15, 0.2) is 0 Å². The smallest absolute Gasteiger partial charge is 0.352 e. The fourth-order valence-corrected chi connectivity index (χ4v) is 3.78. The van der Waals surface area contributed by atoms with Gasteiger partial charge in [-0.15, -0.1) is 0 Å². The number of amides is 1. The van der Waals surface area contributed by atoms with Crippen molar-refractivity contribution in [3.8, 4) is 11.5 Å². The molecule has 0 saturated carbocycles. The van der Waals surface area contributed by atoms with Crippen molar-refractivity contribution in [3.05, 3.63) is 112 Å². The minimum Gasteiger partial charge on any atom is -0.477 e. The molecule has 4 aromatic rings. The summed E-state index contributed by atoms with van der Waals surface area (Å²) >= 11 is 3.44. The Labute approximate surface area is 199 Å². The van der Waals surface area contributed by atoms with Gasteiger partial charge in [0.05, 0.1) is 10.9 Å². The number of halogens is 1. The van der Waals surface area contributed by atoms with E-state index < -0.39 is 11.9 Å². The van der Waals surface area contributed by atoms with Crippen molar-refractivity contribution >= 4 is 44.7 Å². The number of carboxylic acid groups (broad SMARTS) is 1. The van der Waals surface area contributed by atoms with E-state index in [4.69, 9.17) is 4.74 Å². The lowest BCUT2D eigenvalue weighted by atomic mass is 10.0. The highest BCUT2D eigenvalue weighted by atomic mass is 79.9. The molecule has 0 aliphatic rings. The van der Waals surface area contributed by atoms with Crippen molar-refractivity contribution in [3.63, 3.8) is 0 Å². The van der Waals surface area contributed by atoms with Crippen LogP contribution in [0.3, 0.4) is 0 Å². The molecule has 5 nitrogen and oxygen atoms in total. The molecule has 0 spiro atoms. The first-order chi connectivity index (χ1) is 16.0. The van der Waals surface area contributed by atoms with Gasteiger partial charge in [0.25, 0.3) is 0 Å². The number of nitrogens with one attached hydrogen (secondary N) is 1. The van der Waals surface area contributed by atoms with Gasteiger partial charge in [0.2, 0.25) is 5.91 Å². The maximum atomic E-state index is 12.6. The lowest BCUT2D eigenvalue weighted by Gasteiger charge is -2.09. The van der Waals surface area contributed by atoms with Crippen molar-refractivity contribution in [2.45, 2.75) is 6.42 Å². The summed E-state index contributed by atoms with van der Waals surface area (Å²) in [7, 11) is 0. The zero-order valence-electron chi connectivity index (χ0n) is 17.5. The van der Waals surface area contributed by atoms with Gasteiger partial charge >= 0.3 is 5.97 Å². The SMILES string of the molecule is O=C(Cc1cccc2ccccc12)N/C(=C\c1ccc(Oc2ccccc2Br)cc1)C(=O)O. The van der Waals surface area contributed by atoms with Crippen LogP contribution in [0.1, 0.15) is 11.1 Å². The number of carbonyl (C=O) groups excluding carboxylic acids is 1. The standard InChI is InChI=1S/C27H20BrNO4/c28-23-10-3-4-11-25(23)33-21-14-12-18(13-15-21)16-24(27(31)32)29-26(30)17-20-8-5-7-19-6-1-2-9-22(19)20/h1-16H,17H2,(H,29,30)(H,31,32)/b24-16-. The summed E-state index contributed by atoms with van der Waals surface area (Å²) < 4.78 is 6.66. The molecule has 0 aromatic heterocycles. The third kappa shape index (κ3) is 5.67. The fraction of sp³-hybridized carbons (Fsp3) is 0.0370. The number of carboxylic acids is 1. The van der Waals surface area contributed by atoms with Crippen molar-refractivity contribution in [1.82, 2.24) is 5.32 Å². The third-order valence-electron chi connectivity index (χ3n) is 4.99. The molecule has 0 aliphatic heterocycles. The van der Waals surface area contributed by atoms with Crippen LogP contribution in [0, 0.1) is 0 Å². The lowest BCUT2D eigenvalue weighted by molar-refractivity contribution is -0.134. The van der Waals surface area contributed by atoms with Gasteiger partial charge in [-0.1, -0.05) is 66.7 Å². The molecule has 0 fully saturated rings. The summed E-state index contributed by atoms with van der Waals surface area (Å²) in [4.78, 5) is 24.3. The number of para-hydroxylation sites is 1. The second kappa shape index (κ2) is 10.1. The van der Waals surface area contributed by atoms with E-state index in [9.17, 15) is 14.7 Å². The Kier molecular flexibility index (Phi) is 6.86. The van der Waals surface area contributed by atoms with Crippen LogP contribution < -0.4 is 10.1 Å². The topological polar surface area (TPSA) is 75.6 Å². The van der Waals surface area contributed by atoms with E-state index in [1.54, 1.807) is 24.3 Å². The quantitative estimate of drug-likeness (QED) is 0.296. The first kappa shape index (κ1) is 22.3. The summed E-state index contributed by atoms with van der Waals surface area (Å²) in [5, 5.41) is 14.1. The van der Waals surface area contributed by atoms with E-state index >= 15 is 0 Å². The van der Waals surface area contributed by atoms with Crippen molar-refractivity contribution in [1.29, 1.82) is 0 Å². The molecule has 6 heteroatoms. The Morgan fingerprint density at radius 1 is 0.879 bits per heavy atom. The maximum absolute atomic E-state index is 12.6. The predicted octanol–water partition coefficient (Wildman–Crippen LogP) is 6.18. The summed E-state index contributed by atoms with van der Waals surface area (Å²) in [6.45, 7) is 0. The van der Waals surface area contributed by atoms with Gasteiger partial charge in [0, 0.05) is 0 Å². The van der Waals surface area contributed by atoms with Crippen molar-refractivity contribution < 1.29 is 19.4 Å². The molecule has 4 aromatic carbocycles. The number of fused-ring (bicyclic) bond motifs is 1. The molecule has 4 rings (SSSR count). The number of benzene rings is 4. The van der Waals surface area contributed by atoms with Crippen LogP contribution in [0.5, 0.6) is 11.5 Å². The van der Waals surface area contributed by atoms with Crippen LogP contribution in [0.4, 0.5) is 0 Å². The minimum atomic E-state index is -1.21. The van der Waals surface area contributed by atoms with Gasteiger partial charge in [-0.05, 0) is 68.2 Å². The molecule has 0 unspecified atom stereocenters. The van der Waals surface area contributed by atoms with Crippen LogP contribution in [-0.2, 0) is 16.0 Å². The highest BCUT2D eigenvalue weighted by Gasteiger charge is 2.13. The van der Waals surface area contributed by atoms with E-state index in [0.717, 1.165) is 20.8 Å². The molecule has 0 aliphatic carbocycles. The van der Waals surface area contributed by atoms with Gasteiger partial charge in [-0.2, -0.15) is 0 Å². The third-order valence-corrected chi connectivity index (χ3v) is 5.65. The Morgan fingerprint density at radius 2 is 1.58 bits per heavy atom. The molecular formula is C27H20BrNO4. The fourth-order valence-electron chi connectivity index (χ4n) is 3.42. The molecular weight excluding hydrogens is 482 g/mol. The molecule has 33 heavy (non-hydrogen) atoms. The molecule has 0 radical (unpaired) electrons. The van der Waals surface area contributed by atoms with Gasteiger partial charge in [-0.25, -0.2) is 4.79 Å². The Hall–Kier alpha value is -3.90. The second-order valence-corrected chi connectivity index (χ2v) is 8.18. The summed E-state index contributed by atoms with van der Waals surface area (Å²) in [6, 6.07) is 27.9. The van der Waals surface area contributed by atoms with Crippen molar-refractivity contribution in [2.75, 3.05) is 0 Å². The monoisotopic (exact) mass is 501 g/mol. The normalized spacial score (nSPS) is 11.2. The molecule has 0 atom stereocenters. The number of hydrogen-bond donors (Lipinski definition) is 2. The maximum Gasteiger partial charge on any atom is 0.352 e. The Morgan fingerprint density at radius 3 is 2.33 bits per heavy atom. The summed E-state index contributed by atoms with van der Waals surface area (Å²) in [5.74, 6) is -0.327. The van der Waals surface area contributed by atoms with Crippen LogP contribution in [0.15, 0.2) is 101 Å². The molecule has 164 valence electrons. The Balaban J connectivity index is 1.47. The average Bonchev–Trinajstić information content (AvgIpc) is 2.81. The number of aliphatic carboxylic acids is 1. The highest BCUT2D eigenvalue weighted by molar-refractivity contribution is 9.10. The first-order valence-corrected chi connectivity index (χ1v) is 11.0. The van der Waals surface area contributed by atoms with Crippen LogP contribution >= 0.6 is 15.9 Å². The first-order valence-electron chi connectivity index (χ1n) is 10.2. The van der Waals surface area contributed by atoms with Crippen LogP contribution in [0.25, 0.3) is 16.8 Å². The molecule has 1 amide bonds. The van der Waals surface area contributed by atoms with E-state index in [2.05, 4.69) is 21.2 Å². The molecule has 2 N–H and O–H groups in total. The van der Waals surface area contributed by atoms with Crippen molar-refractivity contribution in [2.24, 2.45) is 0 Å². The van der Waals surface area contributed by atoms with E-state index in [1.807, 2.05) is 66.7 Å². The predicted molar refractivity (Wildman–Crippen MR) is 132 cm³/mol. The zero-order valence-corrected chi connectivity index (χ0v) is 19.1. The molecule has 0 heterocycles. The van der Waals surface area contributed by atoms with Gasteiger partial charge in [-0.3, -0.25) is 4.79 Å². The second-order valence-electron chi connectivity index (χ2n) is 7.33. The number of ether oxygens (including phenoxy) is 1. The number of carbonyl (C=O) groups is 2. The molecule has 0 saturated heterocycles.